The molecule has 1 aromatic rings. The maximum absolute atomic E-state index is 12.7. The summed E-state index contributed by atoms with van der Waals surface area (Å²) in [4.78, 5) is 14.6. The largest absolute Gasteiger partial charge is 0.338 e. The van der Waals surface area contributed by atoms with Gasteiger partial charge in [0.15, 0.2) is 0 Å². The van der Waals surface area contributed by atoms with Gasteiger partial charge in [0, 0.05) is 13.6 Å². The lowest BCUT2D eigenvalue weighted by Crippen LogP contribution is -2.49. The summed E-state index contributed by atoms with van der Waals surface area (Å²) in [5.74, 6) is 0.246. The zero-order valence-corrected chi connectivity index (χ0v) is 12.1. The molecule has 0 saturated carbocycles. The number of piperidine rings is 1. The third kappa shape index (κ3) is 2.98. The van der Waals surface area contributed by atoms with Crippen molar-refractivity contribution in [3.8, 4) is 0 Å². The number of rotatable bonds is 3. The molecule has 0 aliphatic carbocycles. The first-order valence-electron chi connectivity index (χ1n) is 7.07. The van der Waals surface area contributed by atoms with E-state index in [-0.39, 0.29) is 17.4 Å². The van der Waals surface area contributed by atoms with Crippen LogP contribution in [0.3, 0.4) is 0 Å². The van der Waals surface area contributed by atoms with Crippen LogP contribution in [0.15, 0.2) is 30.3 Å². The monoisotopic (exact) mass is 260 g/mol. The molecule has 1 N–H and O–H groups in total. The number of carbonyl (C=O) groups is 1. The van der Waals surface area contributed by atoms with E-state index < -0.39 is 0 Å². The Morgan fingerprint density at radius 1 is 1.37 bits per heavy atom. The van der Waals surface area contributed by atoms with Crippen LogP contribution in [0.5, 0.6) is 0 Å². The Morgan fingerprint density at radius 2 is 2.05 bits per heavy atom. The standard InChI is InChI=1S/C16H24N2O/c1-13(14-8-5-4-6-9-14)18(3)15(19)16(2)10-7-11-17-12-16/h4-6,8-9,13,17H,7,10-12H2,1-3H3. The smallest absolute Gasteiger partial charge is 0.230 e. The van der Waals surface area contributed by atoms with Gasteiger partial charge in [0.25, 0.3) is 0 Å². The van der Waals surface area contributed by atoms with Gasteiger partial charge in [0.05, 0.1) is 11.5 Å². The minimum atomic E-state index is -0.254. The molecule has 0 radical (unpaired) electrons. The van der Waals surface area contributed by atoms with Crippen LogP contribution in [0.25, 0.3) is 0 Å². The number of amides is 1. The van der Waals surface area contributed by atoms with Crippen LogP contribution in [-0.2, 0) is 4.79 Å². The highest BCUT2D eigenvalue weighted by molar-refractivity contribution is 5.83. The van der Waals surface area contributed by atoms with Gasteiger partial charge in [0.2, 0.25) is 5.91 Å². The molecule has 19 heavy (non-hydrogen) atoms. The minimum absolute atomic E-state index is 0.118. The lowest BCUT2D eigenvalue weighted by molar-refractivity contribution is -0.142. The Kier molecular flexibility index (Phi) is 4.25. The van der Waals surface area contributed by atoms with Gasteiger partial charge in [-0.25, -0.2) is 0 Å². The molecule has 1 heterocycles. The first-order chi connectivity index (χ1) is 9.04. The summed E-state index contributed by atoms with van der Waals surface area (Å²) in [7, 11) is 1.92. The molecule has 1 aromatic carbocycles. The molecular weight excluding hydrogens is 236 g/mol. The fourth-order valence-corrected chi connectivity index (χ4v) is 2.80. The molecule has 0 bridgehead atoms. The topological polar surface area (TPSA) is 32.3 Å². The molecule has 1 aliphatic heterocycles. The average Bonchev–Trinajstić information content (AvgIpc) is 2.46. The van der Waals surface area contributed by atoms with Gasteiger partial charge in [-0.2, -0.15) is 0 Å². The molecule has 1 fully saturated rings. The molecule has 1 saturated heterocycles. The van der Waals surface area contributed by atoms with Crippen molar-refractivity contribution < 1.29 is 4.79 Å². The van der Waals surface area contributed by atoms with Crippen molar-refractivity contribution in [2.45, 2.75) is 32.7 Å². The van der Waals surface area contributed by atoms with Gasteiger partial charge >= 0.3 is 0 Å². The third-order valence-corrected chi connectivity index (χ3v) is 4.30. The molecule has 1 amide bonds. The van der Waals surface area contributed by atoms with Crippen molar-refractivity contribution in [3.05, 3.63) is 35.9 Å². The molecule has 3 heteroatoms. The summed E-state index contributed by atoms with van der Waals surface area (Å²) >= 11 is 0. The van der Waals surface area contributed by atoms with Crippen LogP contribution < -0.4 is 5.32 Å². The fraction of sp³-hybridized carbons (Fsp3) is 0.562. The van der Waals surface area contributed by atoms with Crippen LogP contribution in [0, 0.1) is 5.41 Å². The summed E-state index contributed by atoms with van der Waals surface area (Å²) < 4.78 is 0. The highest BCUT2D eigenvalue weighted by Gasteiger charge is 2.37. The molecule has 0 aromatic heterocycles. The first-order valence-corrected chi connectivity index (χ1v) is 7.07. The highest BCUT2D eigenvalue weighted by Crippen LogP contribution is 2.31. The second-order valence-electron chi connectivity index (χ2n) is 5.84. The molecule has 2 atom stereocenters. The molecule has 3 nitrogen and oxygen atoms in total. The van der Waals surface area contributed by atoms with E-state index in [1.807, 2.05) is 30.1 Å². The van der Waals surface area contributed by atoms with Crippen molar-refractivity contribution in [2.75, 3.05) is 20.1 Å². The van der Waals surface area contributed by atoms with Crippen molar-refractivity contribution in [2.24, 2.45) is 5.41 Å². The Hall–Kier alpha value is -1.35. The third-order valence-electron chi connectivity index (χ3n) is 4.30. The van der Waals surface area contributed by atoms with Crippen molar-refractivity contribution in [1.82, 2.24) is 10.2 Å². The van der Waals surface area contributed by atoms with Crippen LogP contribution >= 0.6 is 0 Å². The first kappa shape index (κ1) is 14.1. The average molecular weight is 260 g/mol. The number of benzene rings is 1. The number of carbonyl (C=O) groups excluding carboxylic acids is 1. The van der Waals surface area contributed by atoms with Crippen LogP contribution in [0.2, 0.25) is 0 Å². The number of nitrogens with one attached hydrogen (secondary N) is 1. The molecule has 0 spiro atoms. The summed E-state index contributed by atoms with van der Waals surface area (Å²) in [5, 5.41) is 3.34. The van der Waals surface area contributed by atoms with Gasteiger partial charge in [-0.3, -0.25) is 4.79 Å². The molecular formula is C16H24N2O. The van der Waals surface area contributed by atoms with Crippen molar-refractivity contribution >= 4 is 5.91 Å². The maximum atomic E-state index is 12.7. The van der Waals surface area contributed by atoms with Gasteiger partial charge in [-0.1, -0.05) is 30.3 Å². The summed E-state index contributed by atoms with van der Waals surface area (Å²) in [6.07, 6.45) is 2.06. The van der Waals surface area contributed by atoms with Crippen molar-refractivity contribution in [1.29, 1.82) is 0 Å². The SMILES string of the molecule is CC(c1ccccc1)N(C)C(=O)C1(C)CCCNC1. The van der Waals surface area contributed by atoms with Gasteiger partial charge in [-0.05, 0) is 38.8 Å². The predicted molar refractivity (Wildman–Crippen MR) is 77.8 cm³/mol. The molecule has 104 valence electrons. The Morgan fingerprint density at radius 3 is 2.63 bits per heavy atom. The molecule has 2 rings (SSSR count). The van der Waals surface area contributed by atoms with E-state index in [0.29, 0.717) is 0 Å². The molecule has 2 unspecified atom stereocenters. The summed E-state index contributed by atoms with van der Waals surface area (Å²) in [6.45, 7) is 5.99. The number of nitrogens with zero attached hydrogens (tertiary/aromatic N) is 1. The van der Waals surface area contributed by atoms with Crippen LogP contribution in [0.1, 0.15) is 38.3 Å². The van der Waals surface area contributed by atoms with E-state index in [1.54, 1.807) is 0 Å². The van der Waals surface area contributed by atoms with E-state index in [2.05, 4.69) is 31.3 Å². The van der Waals surface area contributed by atoms with Crippen molar-refractivity contribution in [3.63, 3.8) is 0 Å². The second kappa shape index (κ2) is 5.74. The molecule has 1 aliphatic rings. The van der Waals surface area contributed by atoms with Gasteiger partial charge in [0.1, 0.15) is 0 Å². The van der Waals surface area contributed by atoms with Crippen LogP contribution in [0.4, 0.5) is 0 Å². The quantitative estimate of drug-likeness (QED) is 0.906. The lowest BCUT2D eigenvalue weighted by Gasteiger charge is -2.38. The lowest BCUT2D eigenvalue weighted by atomic mass is 9.81. The summed E-state index contributed by atoms with van der Waals surface area (Å²) in [6, 6.07) is 10.3. The highest BCUT2D eigenvalue weighted by atomic mass is 16.2. The maximum Gasteiger partial charge on any atom is 0.230 e. The van der Waals surface area contributed by atoms with Gasteiger partial charge in [-0.15, -0.1) is 0 Å². The van der Waals surface area contributed by atoms with E-state index in [4.69, 9.17) is 0 Å². The summed E-state index contributed by atoms with van der Waals surface area (Å²) in [5.41, 5.74) is 0.932. The fourth-order valence-electron chi connectivity index (χ4n) is 2.80. The number of hydrogen-bond acceptors (Lipinski definition) is 2. The van der Waals surface area contributed by atoms with E-state index >= 15 is 0 Å². The van der Waals surface area contributed by atoms with E-state index in [0.717, 1.165) is 25.9 Å². The normalized spacial score (nSPS) is 24.8. The zero-order valence-electron chi connectivity index (χ0n) is 12.1. The minimum Gasteiger partial charge on any atom is -0.338 e. The number of hydrogen-bond donors (Lipinski definition) is 1. The predicted octanol–water partition coefficient (Wildman–Crippen LogP) is 2.60. The zero-order chi connectivity index (χ0) is 13.9. The van der Waals surface area contributed by atoms with E-state index in [1.165, 1.54) is 5.56 Å². The Labute approximate surface area is 116 Å². The Bertz CT molecular complexity index is 424. The second-order valence-corrected chi connectivity index (χ2v) is 5.84. The van der Waals surface area contributed by atoms with Gasteiger partial charge < -0.3 is 10.2 Å². The Balaban J connectivity index is 2.10. The van der Waals surface area contributed by atoms with Crippen LogP contribution in [-0.4, -0.2) is 30.9 Å². The van der Waals surface area contributed by atoms with E-state index in [9.17, 15) is 4.79 Å².